The second kappa shape index (κ2) is 6.97. The first-order valence-corrected chi connectivity index (χ1v) is 9.48. The highest BCUT2D eigenvalue weighted by molar-refractivity contribution is 6.84. The normalized spacial score (nSPS) is 10.3. The summed E-state index contributed by atoms with van der Waals surface area (Å²) in [5.74, 6) is 2.92. The topological polar surface area (TPSA) is 47.6 Å². The highest BCUT2D eigenvalue weighted by Crippen LogP contribution is 2.11. The minimum absolute atomic E-state index is 0.296. The molecule has 0 unspecified atom stereocenters. The Balaban J connectivity index is 2.37. The molecule has 1 amide bonds. The van der Waals surface area contributed by atoms with Gasteiger partial charge in [0, 0.05) is 0 Å². The molecule has 0 fully saturated rings. The number of rotatable bonds is 4. The monoisotopic (exact) mass is 277 g/mol. The van der Waals surface area contributed by atoms with E-state index in [0.717, 1.165) is 11.3 Å². The van der Waals surface area contributed by atoms with Crippen molar-refractivity contribution in [3.05, 3.63) is 29.8 Å². The van der Waals surface area contributed by atoms with E-state index in [1.165, 1.54) is 0 Å². The summed E-state index contributed by atoms with van der Waals surface area (Å²) in [5, 5.41) is 0. The van der Waals surface area contributed by atoms with Crippen molar-refractivity contribution in [2.75, 3.05) is 7.11 Å². The van der Waals surface area contributed by atoms with E-state index < -0.39 is 14.0 Å². The van der Waals surface area contributed by atoms with Crippen LogP contribution in [0.2, 0.25) is 19.6 Å². The molecule has 0 aliphatic rings. The van der Waals surface area contributed by atoms with E-state index in [0.29, 0.717) is 6.61 Å². The number of carbonyl (C=O) groups excluding carboxylic acids is 1. The SMILES string of the molecule is COc1ccc(CONC(=O)C#C[Si](C)(C)C)cc1. The number of amides is 1. The van der Waals surface area contributed by atoms with E-state index in [1.807, 2.05) is 24.3 Å². The van der Waals surface area contributed by atoms with Gasteiger partial charge >= 0.3 is 5.91 Å². The van der Waals surface area contributed by atoms with Gasteiger partial charge in [-0.15, -0.1) is 5.54 Å². The first-order valence-electron chi connectivity index (χ1n) is 5.98. The average Bonchev–Trinajstić information content (AvgIpc) is 2.36. The third kappa shape index (κ3) is 6.65. The Morgan fingerprint density at radius 2 is 1.89 bits per heavy atom. The van der Waals surface area contributed by atoms with Crippen molar-refractivity contribution < 1.29 is 14.4 Å². The van der Waals surface area contributed by atoms with Gasteiger partial charge in [0.15, 0.2) is 0 Å². The lowest BCUT2D eigenvalue weighted by Crippen LogP contribution is -2.23. The summed E-state index contributed by atoms with van der Waals surface area (Å²) in [6, 6.07) is 7.43. The molecule has 1 rings (SSSR count). The molecule has 19 heavy (non-hydrogen) atoms. The van der Waals surface area contributed by atoms with Crippen LogP contribution in [-0.2, 0) is 16.2 Å². The maximum Gasteiger partial charge on any atom is 0.318 e. The number of carbonyl (C=O) groups is 1. The van der Waals surface area contributed by atoms with Gasteiger partial charge in [-0.3, -0.25) is 9.63 Å². The number of hydrogen-bond donors (Lipinski definition) is 1. The minimum atomic E-state index is -1.53. The molecule has 0 spiro atoms. The van der Waals surface area contributed by atoms with Gasteiger partial charge in [0.25, 0.3) is 0 Å². The highest BCUT2D eigenvalue weighted by atomic mass is 28.3. The summed E-state index contributed by atoms with van der Waals surface area (Å²) in [6.07, 6.45) is 0. The standard InChI is InChI=1S/C14H19NO3Si/c1-17-13-7-5-12(6-8-13)11-18-15-14(16)9-10-19(2,3)4/h5-8H,11H2,1-4H3,(H,15,16). The highest BCUT2D eigenvalue weighted by Gasteiger charge is 2.08. The molecule has 0 radical (unpaired) electrons. The summed E-state index contributed by atoms with van der Waals surface area (Å²) in [4.78, 5) is 16.5. The summed E-state index contributed by atoms with van der Waals surface area (Å²) in [5.41, 5.74) is 6.22. The minimum Gasteiger partial charge on any atom is -0.497 e. The van der Waals surface area contributed by atoms with Gasteiger partial charge in [-0.25, -0.2) is 5.48 Å². The predicted octanol–water partition coefficient (Wildman–Crippen LogP) is 2.12. The Morgan fingerprint density at radius 1 is 1.26 bits per heavy atom. The molecular weight excluding hydrogens is 258 g/mol. The van der Waals surface area contributed by atoms with Crippen molar-refractivity contribution in [1.82, 2.24) is 5.48 Å². The van der Waals surface area contributed by atoms with E-state index >= 15 is 0 Å². The molecule has 0 saturated carbocycles. The van der Waals surface area contributed by atoms with Crippen molar-refractivity contribution in [2.45, 2.75) is 26.2 Å². The van der Waals surface area contributed by atoms with Gasteiger partial charge in [0.05, 0.1) is 13.7 Å². The maximum atomic E-state index is 11.4. The third-order valence-corrected chi connectivity index (χ3v) is 2.99. The number of methoxy groups -OCH3 is 1. The van der Waals surface area contributed by atoms with Crippen LogP contribution >= 0.6 is 0 Å². The van der Waals surface area contributed by atoms with Crippen molar-refractivity contribution in [2.24, 2.45) is 0 Å². The average molecular weight is 277 g/mol. The molecule has 1 N–H and O–H groups in total. The lowest BCUT2D eigenvalue weighted by Gasteiger charge is -2.05. The van der Waals surface area contributed by atoms with Crippen molar-refractivity contribution in [3.8, 4) is 17.2 Å². The van der Waals surface area contributed by atoms with Crippen LogP contribution in [0.4, 0.5) is 0 Å². The zero-order chi connectivity index (χ0) is 14.3. The molecular formula is C14H19NO3Si. The quantitative estimate of drug-likeness (QED) is 0.521. The van der Waals surface area contributed by atoms with Crippen LogP contribution in [0.1, 0.15) is 5.56 Å². The van der Waals surface area contributed by atoms with Crippen LogP contribution in [0.15, 0.2) is 24.3 Å². The number of hydroxylamine groups is 1. The zero-order valence-corrected chi connectivity index (χ0v) is 12.7. The first-order chi connectivity index (χ1) is 8.90. The number of nitrogens with one attached hydrogen (secondary N) is 1. The van der Waals surface area contributed by atoms with E-state index in [-0.39, 0.29) is 0 Å². The molecule has 0 heterocycles. The maximum absolute atomic E-state index is 11.4. The Bertz CT molecular complexity index is 480. The van der Waals surface area contributed by atoms with Crippen molar-refractivity contribution in [3.63, 3.8) is 0 Å². The Labute approximate surface area is 115 Å². The van der Waals surface area contributed by atoms with Gasteiger partial charge in [-0.05, 0) is 23.6 Å². The molecule has 0 aliphatic carbocycles. The molecule has 1 aromatic rings. The number of hydrogen-bond acceptors (Lipinski definition) is 3. The molecule has 0 aromatic heterocycles. The molecule has 102 valence electrons. The fourth-order valence-electron chi connectivity index (χ4n) is 1.18. The second-order valence-electron chi connectivity index (χ2n) is 5.07. The van der Waals surface area contributed by atoms with E-state index in [2.05, 4.69) is 36.6 Å². The van der Waals surface area contributed by atoms with E-state index in [9.17, 15) is 4.79 Å². The van der Waals surface area contributed by atoms with Crippen molar-refractivity contribution in [1.29, 1.82) is 0 Å². The smallest absolute Gasteiger partial charge is 0.318 e. The van der Waals surface area contributed by atoms with Crippen LogP contribution in [0.25, 0.3) is 0 Å². The summed E-state index contributed by atoms with van der Waals surface area (Å²) < 4.78 is 5.05. The Kier molecular flexibility index (Phi) is 5.61. The zero-order valence-electron chi connectivity index (χ0n) is 11.7. The molecule has 0 bridgehead atoms. The lowest BCUT2D eigenvalue weighted by molar-refractivity contribution is -0.128. The Hall–Kier alpha value is -1.77. The van der Waals surface area contributed by atoms with Gasteiger partial charge in [0.2, 0.25) is 0 Å². The molecule has 0 atom stereocenters. The first kappa shape index (κ1) is 15.3. The van der Waals surface area contributed by atoms with Crippen molar-refractivity contribution >= 4 is 14.0 Å². The third-order valence-electron chi connectivity index (χ3n) is 2.11. The van der Waals surface area contributed by atoms with Crippen LogP contribution in [0.5, 0.6) is 5.75 Å². The second-order valence-corrected chi connectivity index (χ2v) is 9.82. The van der Waals surface area contributed by atoms with Crippen LogP contribution in [0.3, 0.4) is 0 Å². The largest absolute Gasteiger partial charge is 0.497 e. The van der Waals surface area contributed by atoms with Gasteiger partial charge in [-0.1, -0.05) is 31.8 Å². The molecule has 0 saturated heterocycles. The van der Waals surface area contributed by atoms with E-state index in [4.69, 9.17) is 9.57 Å². The summed E-state index contributed by atoms with van der Waals surface area (Å²) in [6.45, 7) is 6.52. The van der Waals surface area contributed by atoms with Crippen LogP contribution in [-0.4, -0.2) is 21.1 Å². The van der Waals surface area contributed by atoms with Crippen LogP contribution in [0, 0.1) is 11.5 Å². The summed E-state index contributed by atoms with van der Waals surface area (Å²) >= 11 is 0. The predicted molar refractivity (Wildman–Crippen MR) is 77.0 cm³/mol. The number of benzene rings is 1. The Morgan fingerprint density at radius 3 is 2.42 bits per heavy atom. The van der Waals surface area contributed by atoms with Gasteiger partial charge in [-0.2, -0.15) is 0 Å². The van der Waals surface area contributed by atoms with Gasteiger partial charge in [0.1, 0.15) is 13.8 Å². The molecule has 1 aromatic carbocycles. The molecule has 0 aliphatic heterocycles. The van der Waals surface area contributed by atoms with Crippen LogP contribution < -0.4 is 10.2 Å². The summed E-state index contributed by atoms with van der Waals surface area (Å²) in [7, 11) is 0.0889. The molecule has 4 nitrogen and oxygen atoms in total. The molecule has 5 heteroatoms. The van der Waals surface area contributed by atoms with E-state index in [1.54, 1.807) is 7.11 Å². The fraction of sp³-hybridized carbons (Fsp3) is 0.357. The van der Waals surface area contributed by atoms with Gasteiger partial charge < -0.3 is 4.74 Å². The number of ether oxygens (including phenoxy) is 1. The lowest BCUT2D eigenvalue weighted by atomic mass is 10.2. The fourth-order valence-corrected chi connectivity index (χ4v) is 1.67.